The van der Waals surface area contributed by atoms with Gasteiger partial charge in [0.2, 0.25) is 0 Å². The number of benzene rings is 1. The van der Waals surface area contributed by atoms with E-state index >= 15 is 0 Å². The summed E-state index contributed by atoms with van der Waals surface area (Å²) in [4.78, 5) is 2.36. The molecular formula is C22H35NO2. The third-order valence-electron chi connectivity index (χ3n) is 6.14. The lowest BCUT2D eigenvalue weighted by Crippen LogP contribution is -2.41. The first kappa shape index (κ1) is 18.9. The van der Waals surface area contributed by atoms with Crippen LogP contribution in [0.15, 0.2) is 24.3 Å². The number of fused-ring (bicyclic) bond motifs is 1. The fourth-order valence-electron chi connectivity index (χ4n) is 4.60. The molecule has 0 unspecified atom stereocenters. The first-order valence-corrected chi connectivity index (χ1v) is 10.1. The van der Waals surface area contributed by atoms with E-state index in [1.54, 1.807) is 0 Å². The molecule has 0 radical (unpaired) electrons. The van der Waals surface area contributed by atoms with E-state index in [4.69, 9.17) is 4.74 Å². The third kappa shape index (κ3) is 5.06. The van der Waals surface area contributed by atoms with Gasteiger partial charge in [0.25, 0.3) is 0 Å². The molecule has 1 fully saturated rings. The van der Waals surface area contributed by atoms with Crippen LogP contribution in [-0.4, -0.2) is 41.9 Å². The summed E-state index contributed by atoms with van der Waals surface area (Å²) in [5.41, 5.74) is 2.86. The molecule has 1 saturated carbocycles. The number of hydrogen-bond donors (Lipinski definition) is 1. The topological polar surface area (TPSA) is 32.7 Å². The van der Waals surface area contributed by atoms with Crippen molar-refractivity contribution >= 4 is 0 Å². The fourth-order valence-corrected chi connectivity index (χ4v) is 4.60. The molecule has 0 saturated heterocycles. The van der Waals surface area contributed by atoms with Gasteiger partial charge >= 0.3 is 0 Å². The molecule has 0 spiro atoms. The standard InChI is InChI=1S/C22H35NO2/c1-16(2)21-9-8-17(3)12-22(21)25-15-20(24)14-23-11-10-18-6-4-5-7-19(18)13-23/h4-7,16-17,20-22,24H,8-15H2,1-3H3/t17-,20-,21+,22-/m1/s1. The second-order valence-electron chi connectivity index (χ2n) is 8.61. The molecule has 1 aliphatic carbocycles. The summed E-state index contributed by atoms with van der Waals surface area (Å²) in [5, 5.41) is 10.5. The van der Waals surface area contributed by atoms with Crippen LogP contribution in [0.4, 0.5) is 0 Å². The van der Waals surface area contributed by atoms with Crippen LogP contribution in [0.5, 0.6) is 0 Å². The van der Waals surface area contributed by atoms with E-state index < -0.39 is 6.10 Å². The molecule has 1 aromatic carbocycles. The van der Waals surface area contributed by atoms with Crippen LogP contribution in [0, 0.1) is 17.8 Å². The van der Waals surface area contributed by atoms with Crippen molar-refractivity contribution in [1.29, 1.82) is 0 Å². The molecule has 3 rings (SSSR count). The predicted octanol–water partition coefficient (Wildman–Crippen LogP) is 3.88. The second kappa shape index (κ2) is 8.66. The van der Waals surface area contributed by atoms with Crippen LogP contribution < -0.4 is 0 Å². The molecule has 0 amide bonds. The number of rotatable bonds is 6. The predicted molar refractivity (Wildman–Crippen MR) is 103 cm³/mol. The SMILES string of the molecule is CC(C)[C@@H]1CC[C@@H](C)C[C@H]1OC[C@H](O)CN1CCc2ccccc2C1. The van der Waals surface area contributed by atoms with Crippen molar-refractivity contribution < 1.29 is 9.84 Å². The third-order valence-corrected chi connectivity index (χ3v) is 6.14. The van der Waals surface area contributed by atoms with Crippen molar-refractivity contribution in [3.05, 3.63) is 35.4 Å². The van der Waals surface area contributed by atoms with Crippen LogP contribution in [-0.2, 0) is 17.7 Å². The Balaban J connectivity index is 1.47. The highest BCUT2D eigenvalue weighted by molar-refractivity contribution is 5.29. The average Bonchev–Trinajstić information content (AvgIpc) is 2.59. The van der Waals surface area contributed by atoms with E-state index in [0.717, 1.165) is 31.8 Å². The van der Waals surface area contributed by atoms with Crippen molar-refractivity contribution in [1.82, 2.24) is 4.90 Å². The molecule has 140 valence electrons. The molecule has 1 aliphatic heterocycles. The smallest absolute Gasteiger partial charge is 0.0900 e. The normalized spacial score (nSPS) is 28.8. The van der Waals surface area contributed by atoms with E-state index in [0.29, 0.717) is 31.1 Å². The number of aliphatic hydroxyl groups excluding tert-OH is 1. The minimum atomic E-state index is -0.393. The second-order valence-corrected chi connectivity index (χ2v) is 8.61. The van der Waals surface area contributed by atoms with Crippen molar-refractivity contribution in [2.45, 2.75) is 65.2 Å². The van der Waals surface area contributed by atoms with Gasteiger partial charge in [0.1, 0.15) is 0 Å². The highest BCUT2D eigenvalue weighted by atomic mass is 16.5. The highest BCUT2D eigenvalue weighted by Gasteiger charge is 2.32. The lowest BCUT2D eigenvalue weighted by molar-refractivity contribution is -0.0744. The van der Waals surface area contributed by atoms with Gasteiger partial charge in [-0.25, -0.2) is 0 Å². The van der Waals surface area contributed by atoms with Crippen LogP contribution in [0.1, 0.15) is 51.2 Å². The van der Waals surface area contributed by atoms with E-state index in [1.807, 2.05) is 0 Å². The Kier molecular flexibility index (Phi) is 6.54. The van der Waals surface area contributed by atoms with Crippen molar-refractivity contribution in [2.75, 3.05) is 19.7 Å². The molecule has 2 aliphatic rings. The molecule has 1 heterocycles. The summed E-state index contributed by atoms with van der Waals surface area (Å²) in [5.74, 6) is 2.05. The van der Waals surface area contributed by atoms with Gasteiger partial charge < -0.3 is 9.84 Å². The maximum absolute atomic E-state index is 10.5. The molecule has 1 aromatic rings. The Morgan fingerprint density at radius 1 is 1.20 bits per heavy atom. The molecule has 3 heteroatoms. The van der Waals surface area contributed by atoms with E-state index in [2.05, 4.69) is 49.9 Å². The van der Waals surface area contributed by atoms with Gasteiger partial charge in [-0.1, -0.05) is 51.5 Å². The molecule has 0 bridgehead atoms. The van der Waals surface area contributed by atoms with E-state index in [1.165, 1.54) is 24.0 Å². The molecular weight excluding hydrogens is 310 g/mol. The minimum Gasteiger partial charge on any atom is -0.389 e. The average molecular weight is 346 g/mol. The van der Waals surface area contributed by atoms with Gasteiger partial charge in [-0.05, 0) is 48.1 Å². The molecule has 1 N–H and O–H groups in total. The van der Waals surface area contributed by atoms with Crippen molar-refractivity contribution in [2.24, 2.45) is 17.8 Å². The van der Waals surface area contributed by atoms with Crippen molar-refractivity contribution in [3.8, 4) is 0 Å². The number of ether oxygens (including phenoxy) is 1. The first-order chi connectivity index (χ1) is 12.0. The largest absolute Gasteiger partial charge is 0.389 e. The summed E-state index contributed by atoms with van der Waals surface area (Å²) >= 11 is 0. The van der Waals surface area contributed by atoms with E-state index in [9.17, 15) is 5.11 Å². The van der Waals surface area contributed by atoms with Crippen LogP contribution >= 0.6 is 0 Å². The zero-order valence-corrected chi connectivity index (χ0v) is 16.2. The number of hydrogen-bond acceptors (Lipinski definition) is 3. The summed E-state index contributed by atoms with van der Waals surface area (Å²) < 4.78 is 6.22. The zero-order chi connectivity index (χ0) is 17.8. The Hall–Kier alpha value is -0.900. The van der Waals surface area contributed by atoms with Gasteiger partial charge in [-0.3, -0.25) is 4.90 Å². The Bertz CT molecular complexity index is 545. The zero-order valence-electron chi connectivity index (χ0n) is 16.2. The van der Waals surface area contributed by atoms with Gasteiger partial charge in [0, 0.05) is 19.6 Å². The molecule has 25 heavy (non-hydrogen) atoms. The van der Waals surface area contributed by atoms with Crippen molar-refractivity contribution in [3.63, 3.8) is 0 Å². The van der Waals surface area contributed by atoms with Gasteiger partial charge in [-0.15, -0.1) is 0 Å². The highest BCUT2D eigenvalue weighted by Crippen LogP contribution is 2.35. The number of aliphatic hydroxyl groups is 1. The quantitative estimate of drug-likeness (QED) is 0.849. The lowest BCUT2D eigenvalue weighted by atomic mass is 9.75. The molecule has 3 nitrogen and oxygen atoms in total. The van der Waals surface area contributed by atoms with Crippen LogP contribution in [0.2, 0.25) is 0 Å². The maximum Gasteiger partial charge on any atom is 0.0900 e. The molecule has 0 aromatic heterocycles. The van der Waals surface area contributed by atoms with Crippen LogP contribution in [0.25, 0.3) is 0 Å². The van der Waals surface area contributed by atoms with Gasteiger partial charge in [0.15, 0.2) is 0 Å². The summed E-state index contributed by atoms with van der Waals surface area (Å²) in [6.45, 7) is 10.1. The van der Waals surface area contributed by atoms with Gasteiger partial charge in [-0.2, -0.15) is 0 Å². The van der Waals surface area contributed by atoms with Gasteiger partial charge in [0.05, 0.1) is 18.8 Å². The Morgan fingerprint density at radius 2 is 1.96 bits per heavy atom. The summed E-state index contributed by atoms with van der Waals surface area (Å²) in [7, 11) is 0. The number of β-amino-alcohol motifs (C(OH)–C–C–N with tert-alkyl or cyclic N) is 1. The number of nitrogens with zero attached hydrogens (tertiary/aromatic N) is 1. The first-order valence-electron chi connectivity index (χ1n) is 10.1. The lowest BCUT2D eigenvalue weighted by Gasteiger charge is -2.38. The maximum atomic E-state index is 10.5. The fraction of sp³-hybridized carbons (Fsp3) is 0.727. The molecule has 4 atom stereocenters. The summed E-state index contributed by atoms with van der Waals surface area (Å²) in [6.07, 6.45) is 4.74. The summed E-state index contributed by atoms with van der Waals surface area (Å²) in [6, 6.07) is 8.66. The Morgan fingerprint density at radius 3 is 2.72 bits per heavy atom. The monoisotopic (exact) mass is 345 g/mol. The van der Waals surface area contributed by atoms with Crippen LogP contribution in [0.3, 0.4) is 0 Å². The van der Waals surface area contributed by atoms with E-state index in [-0.39, 0.29) is 0 Å². The minimum absolute atomic E-state index is 0.320. The Labute approximate surface area is 153 Å².